The molecule has 0 aliphatic heterocycles. The maximum absolute atomic E-state index is 13.4. The number of carbonyl (C=O) groups is 1. The number of hydrogen-bond donors (Lipinski definition) is 2. The van der Waals surface area contributed by atoms with Gasteiger partial charge in [0.2, 0.25) is 5.91 Å². The summed E-state index contributed by atoms with van der Waals surface area (Å²) in [6, 6.07) is 3.68. The molecule has 5 heteroatoms. The number of amides is 1. The van der Waals surface area contributed by atoms with Crippen LogP contribution in [0.2, 0.25) is 0 Å². The highest BCUT2D eigenvalue weighted by molar-refractivity contribution is 5.79. The van der Waals surface area contributed by atoms with Crippen molar-refractivity contribution in [2.45, 2.75) is 19.4 Å². The first kappa shape index (κ1) is 12.4. The van der Waals surface area contributed by atoms with Crippen LogP contribution < -0.4 is 16.2 Å². The van der Waals surface area contributed by atoms with Crippen LogP contribution in [-0.4, -0.2) is 18.6 Å². The molecule has 16 heavy (non-hydrogen) atoms. The highest BCUT2D eigenvalue weighted by Gasteiger charge is 2.11. The van der Waals surface area contributed by atoms with E-state index in [1.807, 2.05) is 0 Å². The van der Waals surface area contributed by atoms with Gasteiger partial charge in [0, 0.05) is 0 Å². The van der Waals surface area contributed by atoms with Gasteiger partial charge >= 0.3 is 0 Å². The molecular weight excluding hydrogens is 211 g/mol. The Balaban J connectivity index is 2.77. The van der Waals surface area contributed by atoms with E-state index in [9.17, 15) is 9.18 Å². The molecule has 0 aliphatic rings. The zero-order valence-electron chi connectivity index (χ0n) is 9.07. The van der Waals surface area contributed by atoms with Crippen LogP contribution in [0.15, 0.2) is 18.2 Å². The summed E-state index contributed by atoms with van der Waals surface area (Å²) in [6.07, 6.45) is 0.221. The van der Waals surface area contributed by atoms with Gasteiger partial charge in [-0.2, -0.15) is 0 Å². The molecule has 1 aromatic rings. The molecule has 1 unspecified atom stereocenters. The van der Waals surface area contributed by atoms with Crippen LogP contribution in [0.5, 0.6) is 5.75 Å². The number of primary amides is 1. The molecule has 4 nitrogen and oxygen atoms in total. The molecule has 0 aliphatic carbocycles. The van der Waals surface area contributed by atoms with E-state index in [2.05, 4.69) is 0 Å². The number of ether oxygens (including phenoxy) is 1. The van der Waals surface area contributed by atoms with Crippen LogP contribution in [0.3, 0.4) is 0 Å². The molecule has 1 aromatic carbocycles. The summed E-state index contributed by atoms with van der Waals surface area (Å²) in [4.78, 5) is 10.7. The second kappa shape index (κ2) is 5.46. The van der Waals surface area contributed by atoms with Crippen LogP contribution in [-0.2, 0) is 11.2 Å². The number of nitrogens with two attached hydrogens (primary N) is 2. The average molecular weight is 226 g/mol. The molecule has 0 radical (unpaired) electrons. The monoisotopic (exact) mass is 226 g/mol. The van der Waals surface area contributed by atoms with Crippen molar-refractivity contribution in [2.75, 3.05) is 6.61 Å². The smallest absolute Gasteiger partial charge is 0.234 e. The fourth-order valence-corrected chi connectivity index (χ4v) is 1.30. The Hall–Kier alpha value is -1.62. The third kappa shape index (κ3) is 3.20. The molecule has 1 atom stereocenters. The lowest BCUT2D eigenvalue weighted by atomic mass is 10.1. The van der Waals surface area contributed by atoms with Gasteiger partial charge in [-0.15, -0.1) is 0 Å². The van der Waals surface area contributed by atoms with E-state index in [1.165, 1.54) is 12.1 Å². The predicted octanol–water partition coefficient (Wildman–Crippen LogP) is 0.579. The summed E-state index contributed by atoms with van der Waals surface area (Å²) in [5.74, 6) is -0.871. The maximum Gasteiger partial charge on any atom is 0.234 e. The summed E-state index contributed by atoms with van der Waals surface area (Å²) in [5.41, 5.74) is 11.1. The van der Waals surface area contributed by atoms with Crippen LogP contribution in [0.1, 0.15) is 12.5 Å². The molecule has 0 aromatic heterocycles. The van der Waals surface area contributed by atoms with Crippen molar-refractivity contribution in [3.05, 3.63) is 29.6 Å². The Morgan fingerprint density at radius 2 is 2.25 bits per heavy atom. The highest BCUT2D eigenvalue weighted by Crippen LogP contribution is 2.18. The molecule has 0 saturated heterocycles. The Labute approximate surface area is 93.4 Å². The fraction of sp³-hybridized carbons (Fsp3) is 0.364. The van der Waals surface area contributed by atoms with Crippen molar-refractivity contribution < 1.29 is 13.9 Å². The Kier molecular flexibility index (Phi) is 4.25. The summed E-state index contributed by atoms with van der Waals surface area (Å²) >= 11 is 0. The van der Waals surface area contributed by atoms with E-state index >= 15 is 0 Å². The zero-order chi connectivity index (χ0) is 12.1. The van der Waals surface area contributed by atoms with Crippen LogP contribution in [0.4, 0.5) is 4.39 Å². The lowest BCUT2D eigenvalue weighted by Gasteiger charge is -2.09. The van der Waals surface area contributed by atoms with Crippen molar-refractivity contribution >= 4 is 5.91 Å². The van der Waals surface area contributed by atoms with E-state index < -0.39 is 17.8 Å². The van der Waals surface area contributed by atoms with Gasteiger partial charge in [-0.25, -0.2) is 4.39 Å². The zero-order valence-corrected chi connectivity index (χ0v) is 9.07. The van der Waals surface area contributed by atoms with Crippen molar-refractivity contribution in [3.8, 4) is 5.75 Å². The summed E-state index contributed by atoms with van der Waals surface area (Å²) in [6.45, 7) is 2.17. The van der Waals surface area contributed by atoms with Gasteiger partial charge in [-0.3, -0.25) is 4.79 Å². The van der Waals surface area contributed by atoms with Gasteiger partial charge in [0.1, 0.15) is 0 Å². The minimum atomic E-state index is -0.794. The molecule has 0 heterocycles. The molecule has 1 amide bonds. The third-order valence-corrected chi connectivity index (χ3v) is 2.12. The lowest BCUT2D eigenvalue weighted by Crippen LogP contribution is -2.38. The average Bonchev–Trinajstić information content (AvgIpc) is 2.22. The minimum Gasteiger partial charge on any atom is -0.491 e. The molecule has 0 saturated carbocycles. The van der Waals surface area contributed by atoms with E-state index in [1.54, 1.807) is 13.0 Å². The van der Waals surface area contributed by atoms with Gasteiger partial charge in [-0.1, -0.05) is 6.07 Å². The Bertz CT molecular complexity index is 382. The summed E-state index contributed by atoms with van der Waals surface area (Å²) in [7, 11) is 0. The highest BCUT2D eigenvalue weighted by atomic mass is 19.1. The van der Waals surface area contributed by atoms with E-state index in [-0.39, 0.29) is 12.2 Å². The van der Waals surface area contributed by atoms with Crippen molar-refractivity contribution in [1.82, 2.24) is 0 Å². The van der Waals surface area contributed by atoms with E-state index in [0.29, 0.717) is 12.2 Å². The molecule has 1 rings (SSSR count). The number of carbonyl (C=O) groups excluding carboxylic acids is 1. The van der Waals surface area contributed by atoms with Gasteiger partial charge < -0.3 is 16.2 Å². The van der Waals surface area contributed by atoms with Crippen molar-refractivity contribution in [2.24, 2.45) is 11.5 Å². The van der Waals surface area contributed by atoms with Gasteiger partial charge in [0.15, 0.2) is 11.6 Å². The SMILES string of the molecule is CCOc1ccc(CC(N)C(N)=O)cc1F. The van der Waals surface area contributed by atoms with Gasteiger partial charge in [-0.05, 0) is 31.0 Å². The largest absolute Gasteiger partial charge is 0.491 e. The Morgan fingerprint density at radius 1 is 1.56 bits per heavy atom. The first-order valence-electron chi connectivity index (χ1n) is 5.00. The standard InChI is InChI=1S/C11H15FN2O2/c1-2-16-10-4-3-7(5-8(10)12)6-9(13)11(14)15/h3-5,9H,2,6,13H2,1H3,(H2,14,15). The molecule has 0 bridgehead atoms. The molecule has 88 valence electrons. The van der Waals surface area contributed by atoms with Crippen LogP contribution >= 0.6 is 0 Å². The third-order valence-electron chi connectivity index (χ3n) is 2.12. The Morgan fingerprint density at radius 3 is 2.75 bits per heavy atom. The molecular formula is C11H15FN2O2. The predicted molar refractivity (Wildman–Crippen MR) is 58.4 cm³/mol. The van der Waals surface area contributed by atoms with Gasteiger partial charge in [0.05, 0.1) is 12.6 Å². The first-order chi connectivity index (χ1) is 7.54. The topological polar surface area (TPSA) is 78.3 Å². The van der Waals surface area contributed by atoms with Crippen LogP contribution in [0, 0.1) is 5.82 Å². The summed E-state index contributed by atoms with van der Waals surface area (Å²) < 4.78 is 18.5. The first-order valence-corrected chi connectivity index (χ1v) is 5.00. The molecule has 0 fully saturated rings. The van der Waals surface area contributed by atoms with Crippen molar-refractivity contribution in [3.63, 3.8) is 0 Å². The number of benzene rings is 1. The molecule has 0 spiro atoms. The number of rotatable bonds is 5. The van der Waals surface area contributed by atoms with Gasteiger partial charge in [0.25, 0.3) is 0 Å². The second-order valence-electron chi connectivity index (χ2n) is 3.41. The summed E-state index contributed by atoms with van der Waals surface area (Å²) in [5, 5.41) is 0. The number of hydrogen-bond acceptors (Lipinski definition) is 3. The number of halogens is 1. The fourth-order valence-electron chi connectivity index (χ4n) is 1.30. The normalized spacial score (nSPS) is 12.2. The second-order valence-corrected chi connectivity index (χ2v) is 3.41. The quantitative estimate of drug-likeness (QED) is 0.770. The van der Waals surface area contributed by atoms with Crippen molar-refractivity contribution in [1.29, 1.82) is 0 Å². The van der Waals surface area contributed by atoms with E-state index in [4.69, 9.17) is 16.2 Å². The lowest BCUT2D eigenvalue weighted by molar-refractivity contribution is -0.119. The van der Waals surface area contributed by atoms with E-state index in [0.717, 1.165) is 0 Å². The minimum absolute atomic E-state index is 0.193. The molecule has 4 N–H and O–H groups in total. The maximum atomic E-state index is 13.4. The van der Waals surface area contributed by atoms with Crippen LogP contribution in [0.25, 0.3) is 0 Å².